The van der Waals surface area contributed by atoms with Gasteiger partial charge in [0.25, 0.3) is 10.1 Å². The molecule has 0 aliphatic heterocycles. The summed E-state index contributed by atoms with van der Waals surface area (Å²) < 4.78 is 31.9. The minimum absolute atomic E-state index is 0. The van der Waals surface area contributed by atoms with Gasteiger partial charge in [-0.15, -0.1) is 5.11 Å². The van der Waals surface area contributed by atoms with Crippen molar-refractivity contribution in [1.82, 2.24) is 0 Å². The third-order valence-corrected chi connectivity index (χ3v) is 4.95. The largest absolute Gasteiger partial charge is 0.506 e. The maximum absolute atomic E-state index is 11.3. The van der Waals surface area contributed by atoms with Crippen molar-refractivity contribution in [3.8, 4) is 5.75 Å². The second kappa shape index (κ2) is 8.21. The predicted molar refractivity (Wildman–Crippen MR) is 102 cm³/mol. The van der Waals surface area contributed by atoms with Gasteiger partial charge in [-0.1, -0.05) is 41.9 Å². The Hall–Kier alpha value is -1.22. The summed E-state index contributed by atoms with van der Waals surface area (Å²) in [6.45, 7) is 1.65. The van der Waals surface area contributed by atoms with E-state index >= 15 is 0 Å². The Balaban J connectivity index is 0.00000243. The van der Waals surface area contributed by atoms with E-state index in [2.05, 4.69) is 10.2 Å². The maximum Gasteiger partial charge on any atom is 0.294 e. The molecule has 0 aromatic heterocycles. The van der Waals surface area contributed by atoms with Crippen molar-refractivity contribution in [3.05, 3.63) is 59.1 Å². The van der Waals surface area contributed by atoms with Crippen LogP contribution in [-0.4, -0.2) is 55.8 Å². The van der Waals surface area contributed by atoms with Crippen molar-refractivity contribution in [2.45, 2.75) is 11.8 Å². The second-order valence-corrected chi connectivity index (χ2v) is 7.21. The first-order chi connectivity index (χ1) is 11.8. The van der Waals surface area contributed by atoms with E-state index in [1.165, 1.54) is 12.1 Å². The molecule has 0 saturated carbocycles. The quantitative estimate of drug-likeness (QED) is 0.364. The fraction of sp³-hybridized carbons (Fsp3) is 0.0588. The zero-order chi connectivity index (χ0) is 18.2. The van der Waals surface area contributed by atoms with E-state index in [-0.39, 0.29) is 64.8 Å². The molecule has 130 valence electrons. The summed E-state index contributed by atoms with van der Waals surface area (Å²) in [5, 5.41) is 19.9. The third-order valence-electron chi connectivity index (χ3n) is 3.73. The van der Waals surface area contributed by atoms with Crippen LogP contribution in [0.3, 0.4) is 0 Å². The molecule has 6 nitrogen and oxygen atoms in total. The average Bonchev–Trinajstić information content (AvgIpc) is 2.56. The summed E-state index contributed by atoms with van der Waals surface area (Å²) in [6, 6.07) is 12.9. The van der Waals surface area contributed by atoms with Crippen LogP contribution in [0.5, 0.6) is 5.75 Å². The number of benzene rings is 3. The van der Waals surface area contributed by atoms with Gasteiger partial charge in [0.2, 0.25) is 0 Å². The van der Waals surface area contributed by atoms with E-state index in [0.29, 0.717) is 10.9 Å². The van der Waals surface area contributed by atoms with Crippen molar-refractivity contribution < 1.29 is 18.1 Å². The van der Waals surface area contributed by atoms with Crippen LogP contribution in [0.1, 0.15) is 5.56 Å². The van der Waals surface area contributed by atoms with Gasteiger partial charge in [-0.25, -0.2) is 0 Å². The second-order valence-electron chi connectivity index (χ2n) is 5.38. The number of nitrogens with zero attached hydrogens (tertiary/aromatic N) is 2. The number of hydrogen-bond donors (Lipinski definition) is 2. The van der Waals surface area contributed by atoms with E-state index < -0.39 is 10.1 Å². The normalized spacial score (nSPS) is 11.7. The molecular weight excluding hydrogens is 404 g/mol. The molecule has 0 saturated heterocycles. The predicted octanol–water partition coefficient (Wildman–Crippen LogP) is 4.79. The Bertz CT molecular complexity index is 1120. The molecule has 3 rings (SSSR count). The van der Waals surface area contributed by atoms with Gasteiger partial charge in [0.1, 0.15) is 11.4 Å². The summed E-state index contributed by atoms with van der Waals surface area (Å²) in [5.41, 5.74) is 0.927. The van der Waals surface area contributed by atoms with Gasteiger partial charge >= 0.3 is 0 Å². The standard InChI is InChI=1S/C17H13ClN2O4S.Ca/c1-10-14(18)8-12(25(22,23)24)9-15(10)19-20-17-13-5-3-2-4-11(13)6-7-16(17)21;/h2-9,21H,1H3,(H,22,23,24);. The van der Waals surface area contributed by atoms with Gasteiger partial charge in [-0.3, -0.25) is 4.55 Å². The van der Waals surface area contributed by atoms with E-state index in [4.69, 9.17) is 11.6 Å². The van der Waals surface area contributed by atoms with E-state index in [9.17, 15) is 18.1 Å². The Kier molecular flexibility index (Phi) is 6.65. The molecule has 0 atom stereocenters. The van der Waals surface area contributed by atoms with Crippen molar-refractivity contribution >= 4 is 81.6 Å². The van der Waals surface area contributed by atoms with Gasteiger partial charge in [0.05, 0.1) is 10.6 Å². The Morgan fingerprint density at radius 2 is 1.73 bits per heavy atom. The molecule has 0 aliphatic carbocycles. The molecular formula is C17H13CaClN2O4S. The topological polar surface area (TPSA) is 99.3 Å². The summed E-state index contributed by atoms with van der Waals surface area (Å²) in [4.78, 5) is -0.376. The van der Waals surface area contributed by atoms with Crippen molar-refractivity contribution in [2.75, 3.05) is 0 Å². The van der Waals surface area contributed by atoms with Crippen molar-refractivity contribution in [3.63, 3.8) is 0 Å². The van der Waals surface area contributed by atoms with E-state index in [1.54, 1.807) is 19.1 Å². The summed E-state index contributed by atoms with van der Waals surface area (Å²) in [5.74, 6) is -0.0582. The molecule has 26 heavy (non-hydrogen) atoms. The van der Waals surface area contributed by atoms with Crippen LogP contribution in [0.25, 0.3) is 10.8 Å². The third kappa shape index (κ3) is 4.36. The fourth-order valence-electron chi connectivity index (χ4n) is 2.35. The molecule has 2 N–H and O–H groups in total. The van der Waals surface area contributed by atoms with Gasteiger partial charge in [0.15, 0.2) is 0 Å². The molecule has 3 aromatic rings. The van der Waals surface area contributed by atoms with Crippen LogP contribution in [0, 0.1) is 6.92 Å². The summed E-state index contributed by atoms with van der Waals surface area (Å²) in [6.07, 6.45) is 0. The fourth-order valence-corrected chi connectivity index (χ4v) is 3.15. The molecule has 0 aliphatic rings. The SMILES string of the molecule is Cc1c(Cl)cc(S(=O)(=O)O)cc1N=Nc1c(O)ccc2ccccc12.[Ca]. The number of aromatic hydroxyl groups is 1. The number of azo groups is 1. The molecule has 0 bridgehead atoms. The summed E-state index contributed by atoms with van der Waals surface area (Å²) >= 11 is 6.01. The Labute approximate surface area is 185 Å². The Morgan fingerprint density at radius 3 is 2.42 bits per heavy atom. The molecule has 0 spiro atoms. The van der Waals surface area contributed by atoms with Gasteiger partial charge < -0.3 is 5.11 Å². The van der Waals surface area contributed by atoms with Crippen molar-refractivity contribution in [2.24, 2.45) is 10.2 Å². The van der Waals surface area contributed by atoms with E-state index in [0.717, 1.165) is 11.5 Å². The number of phenols is 1. The van der Waals surface area contributed by atoms with E-state index in [1.807, 2.05) is 18.2 Å². The monoisotopic (exact) mass is 416 g/mol. The minimum atomic E-state index is -4.43. The Morgan fingerprint density at radius 1 is 1.04 bits per heavy atom. The van der Waals surface area contributed by atoms with Crippen LogP contribution in [0.2, 0.25) is 5.02 Å². The van der Waals surface area contributed by atoms with Crippen LogP contribution in [0.4, 0.5) is 11.4 Å². The number of rotatable bonds is 3. The smallest absolute Gasteiger partial charge is 0.294 e. The first-order valence-electron chi connectivity index (χ1n) is 7.17. The minimum Gasteiger partial charge on any atom is -0.506 e. The number of hydrogen-bond acceptors (Lipinski definition) is 5. The first kappa shape index (κ1) is 21.1. The van der Waals surface area contributed by atoms with Crippen LogP contribution in [0.15, 0.2) is 63.7 Å². The number of fused-ring (bicyclic) bond motifs is 1. The molecule has 0 fully saturated rings. The molecule has 2 radical (unpaired) electrons. The molecule has 3 aromatic carbocycles. The maximum atomic E-state index is 11.3. The zero-order valence-electron chi connectivity index (χ0n) is 13.7. The number of halogens is 1. The molecule has 9 heteroatoms. The van der Waals surface area contributed by atoms with Crippen LogP contribution in [-0.2, 0) is 10.1 Å². The average molecular weight is 417 g/mol. The zero-order valence-corrected chi connectivity index (χ0v) is 17.5. The van der Waals surface area contributed by atoms with Gasteiger partial charge in [-0.05, 0) is 36.1 Å². The first-order valence-corrected chi connectivity index (χ1v) is 8.99. The molecule has 0 unspecified atom stereocenters. The van der Waals surface area contributed by atoms with Gasteiger partial charge in [-0.2, -0.15) is 13.5 Å². The summed E-state index contributed by atoms with van der Waals surface area (Å²) in [7, 11) is -4.43. The van der Waals surface area contributed by atoms with Crippen LogP contribution >= 0.6 is 11.6 Å². The van der Waals surface area contributed by atoms with Gasteiger partial charge in [0, 0.05) is 48.1 Å². The molecule has 0 amide bonds. The number of phenolic OH excluding ortho intramolecular Hbond substituents is 1. The van der Waals surface area contributed by atoms with Crippen LogP contribution < -0.4 is 0 Å². The van der Waals surface area contributed by atoms with Crippen molar-refractivity contribution in [1.29, 1.82) is 0 Å². The molecule has 0 heterocycles.